The van der Waals surface area contributed by atoms with Crippen molar-refractivity contribution in [1.82, 2.24) is 15.1 Å². The first kappa shape index (κ1) is 19.5. The number of hydrogen-bond acceptors (Lipinski definition) is 6. The van der Waals surface area contributed by atoms with E-state index in [4.69, 9.17) is 4.74 Å². The molecule has 0 spiro atoms. The Hall–Kier alpha value is -3.25. The van der Waals surface area contributed by atoms with E-state index in [1.54, 1.807) is 7.11 Å². The minimum Gasteiger partial charge on any atom is -0.496 e. The molecule has 144 valence electrons. The summed E-state index contributed by atoms with van der Waals surface area (Å²) in [7, 11) is 4.92. The van der Waals surface area contributed by atoms with Crippen LogP contribution in [0, 0.1) is 0 Å². The second kappa shape index (κ2) is 9.10. The number of ether oxygens (including phenoxy) is 2. The molecule has 28 heavy (non-hydrogen) atoms. The van der Waals surface area contributed by atoms with Crippen LogP contribution < -0.4 is 4.74 Å². The Labute approximate surface area is 164 Å². The molecule has 0 saturated carbocycles. The van der Waals surface area contributed by atoms with Gasteiger partial charge in [-0.2, -0.15) is 0 Å². The van der Waals surface area contributed by atoms with Crippen molar-refractivity contribution in [3.63, 3.8) is 0 Å². The summed E-state index contributed by atoms with van der Waals surface area (Å²) in [6.07, 6.45) is 0. The maximum Gasteiger partial charge on any atom is 0.319 e. The van der Waals surface area contributed by atoms with E-state index in [-0.39, 0.29) is 12.5 Å². The van der Waals surface area contributed by atoms with Crippen LogP contribution in [-0.2, 0) is 16.1 Å². The molecule has 0 saturated heterocycles. The molecular weight excluding hydrogens is 354 g/mol. The molecule has 3 rings (SSSR count). The summed E-state index contributed by atoms with van der Waals surface area (Å²) in [5, 5.41) is 8.72. The fraction of sp³-hybridized carbons (Fsp3) is 0.227. The number of carbonyl (C=O) groups excluding carboxylic acids is 1. The molecule has 0 amide bonds. The summed E-state index contributed by atoms with van der Waals surface area (Å²) in [5.41, 5.74) is 4.57. The van der Waals surface area contributed by atoms with E-state index < -0.39 is 0 Å². The van der Waals surface area contributed by atoms with Crippen LogP contribution in [0.5, 0.6) is 5.75 Å². The molecule has 0 aliphatic rings. The van der Waals surface area contributed by atoms with Crippen LogP contribution in [0.15, 0.2) is 60.7 Å². The molecule has 0 unspecified atom stereocenters. The molecule has 1 aromatic heterocycles. The third-order valence-electron chi connectivity index (χ3n) is 4.38. The number of nitrogens with zero attached hydrogens (tertiary/aromatic N) is 3. The van der Waals surface area contributed by atoms with Gasteiger partial charge in [0.1, 0.15) is 5.75 Å². The van der Waals surface area contributed by atoms with Gasteiger partial charge in [0.25, 0.3) is 0 Å². The van der Waals surface area contributed by atoms with Gasteiger partial charge >= 0.3 is 5.97 Å². The Bertz CT molecular complexity index is 925. The first-order valence-corrected chi connectivity index (χ1v) is 8.92. The van der Waals surface area contributed by atoms with Gasteiger partial charge in [-0.1, -0.05) is 36.4 Å². The van der Waals surface area contributed by atoms with E-state index in [2.05, 4.69) is 14.9 Å². The first-order chi connectivity index (χ1) is 13.6. The quantitative estimate of drug-likeness (QED) is 0.588. The van der Waals surface area contributed by atoms with Crippen molar-refractivity contribution in [2.45, 2.75) is 6.54 Å². The number of hydrogen-bond donors (Lipinski definition) is 0. The SMILES string of the molecule is COC(=O)CN(C)Cc1ccc(-c2ccc(-c3ccccc3OC)nn2)cc1. The molecule has 1 heterocycles. The van der Waals surface area contributed by atoms with E-state index in [1.165, 1.54) is 7.11 Å². The van der Waals surface area contributed by atoms with Crippen LogP contribution in [0.4, 0.5) is 0 Å². The topological polar surface area (TPSA) is 64.5 Å². The zero-order valence-corrected chi connectivity index (χ0v) is 16.3. The number of rotatable bonds is 7. The van der Waals surface area contributed by atoms with Gasteiger partial charge < -0.3 is 9.47 Å². The standard InChI is InChI=1S/C22H23N3O3/c1-25(15-22(26)28-3)14-16-8-10-17(11-9-16)19-12-13-20(24-23-19)18-6-4-5-7-21(18)27-2/h4-13H,14-15H2,1-3H3. The summed E-state index contributed by atoms with van der Waals surface area (Å²) in [6.45, 7) is 0.919. The molecule has 0 bridgehead atoms. The molecule has 0 aliphatic carbocycles. The van der Waals surface area contributed by atoms with Crippen molar-refractivity contribution in [3.05, 3.63) is 66.2 Å². The fourth-order valence-electron chi connectivity index (χ4n) is 2.92. The minimum absolute atomic E-state index is 0.246. The second-order valence-corrected chi connectivity index (χ2v) is 6.45. The Morgan fingerprint density at radius 3 is 2.25 bits per heavy atom. The van der Waals surface area contributed by atoms with Gasteiger partial charge in [-0.25, -0.2) is 0 Å². The predicted octanol–water partition coefficient (Wildman–Crippen LogP) is 3.42. The molecule has 6 heteroatoms. The van der Waals surface area contributed by atoms with Gasteiger partial charge in [0.05, 0.1) is 32.2 Å². The van der Waals surface area contributed by atoms with E-state index in [0.29, 0.717) is 6.54 Å². The average Bonchev–Trinajstić information content (AvgIpc) is 2.74. The second-order valence-electron chi connectivity index (χ2n) is 6.45. The molecule has 0 radical (unpaired) electrons. The summed E-state index contributed by atoms with van der Waals surface area (Å²) in [6, 6.07) is 19.7. The lowest BCUT2D eigenvalue weighted by Crippen LogP contribution is -2.26. The largest absolute Gasteiger partial charge is 0.496 e. The van der Waals surface area contributed by atoms with Gasteiger partial charge in [0.2, 0.25) is 0 Å². The van der Waals surface area contributed by atoms with Crippen molar-refractivity contribution >= 4 is 5.97 Å². The Kier molecular flexibility index (Phi) is 6.34. The van der Waals surface area contributed by atoms with Crippen LogP contribution in [0.3, 0.4) is 0 Å². The van der Waals surface area contributed by atoms with Crippen molar-refractivity contribution < 1.29 is 14.3 Å². The van der Waals surface area contributed by atoms with E-state index in [9.17, 15) is 4.79 Å². The van der Waals surface area contributed by atoms with Gasteiger partial charge in [-0.05, 0) is 36.9 Å². The monoisotopic (exact) mass is 377 g/mol. The van der Waals surface area contributed by atoms with Crippen molar-refractivity contribution in [2.75, 3.05) is 27.8 Å². The molecule has 0 N–H and O–H groups in total. The molecule has 6 nitrogen and oxygen atoms in total. The normalized spacial score (nSPS) is 10.7. The molecular formula is C22H23N3O3. The summed E-state index contributed by atoms with van der Waals surface area (Å²) < 4.78 is 10.1. The minimum atomic E-state index is -0.246. The number of likely N-dealkylation sites (N-methyl/N-ethyl adjacent to an activating group) is 1. The first-order valence-electron chi connectivity index (χ1n) is 8.92. The number of aromatic nitrogens is 2. The lowest BCUT2D eigenvalue weighted by atomic mass is 10.1. The third-order valence-corrected chi connectivity index (χ3v) is 4.38. The lowest BCUT2D eigenvalue weighted by Gasteiger charge is -2.15. The Morgan fingerprint density at radius 2 is 1.61 bits per heavy atom. The maximum absolute atomic E-state index is 11.3. The van der Waals surface area contributed by atoms with Gasteiger partial charge in [0.15, 0.2) is 0 Å². The van der Waals surface area contributed by atoms with E-state index in [0.717, 1.165) is 33.8 Å². The van der Waals surface area contributed by atoms with Gasteiger partial charge in [-0.3, -0.25) is 9.69 Å². The van der Waals surface area contributed by atoms with Crippen LogP contribution in [0.2, 0.25) is 0 Å². The smallest absolute Gasteiger partial charge is 0.319 e. The highest BCUT2D eigenvalue weighted by Gasteiger charge is 2.09. The molecule has 0 atom stereocenters. The molecule has 3 aromatic rings. The molecule has 0 fully saturated rings. The summed E-state index contributed by atoms with van der Waals surface area (Å²) in [5.74, 6) is 0.523. The zero-order valence-electron chi connectivity index (χ0n) is 16.3. The zero-order chi connectivity index (χ0) is 19.9. The Balaban J connectivity index is 1.71. The highest BCUT2D eigenvalue weighted by Crippen LogP contribution is 2.28. The van der Waals surface area contributed by atoms with Crippen LogP contribution in [0.25, 0.3) is 22.5 Å². The van der Waals surface area contributed by atoms with Crippen LogP contribution >= 0.6 is 0 Å². The number of para-hydroxylation sites is 1. The number of methoxy groups -OCH3 is 2. The lowest BCUT2D eigenvalue weighted by molar-refractivity contribution is -0.141. The van der Waals surface area contributed by atoms with Crippen molar-refractivity contribution in [3.8, 4) is 28.3 Å². The fourth-order valence-corrected chi connectivity index (χ4v) is 2.92. The van der Waals surface area contributed by atoms with E-state index in [1.807, 2.05) is 72.6 Å². The highest BCUT2D eigenvalue weighted by atomic mass is 16.5. The highest BCUT2D eigenvalue weighted by molar-refractivity contribution is 5.71. The Morgan fingerprint density at radius 1 is 0.929 bits per heavy atom. The third kappa shape index (κ3) is 4.72. The molecule has 0 aliphatic heterocycles. The van der Waals surface area contributed by atoms with E-state index >= 15 is 0 Å². The van der Waals surface area contributed by atoms with Crippen LogP contribution in [-0.4, -0.2) is 48.9 Å². The maximum atomic E-state index is 11.3. The van der Waals surface area contributed by atoms with Crippen LogP contribution in [0.1, 0.15) is 5.56 Å². The molecule has 2 aromatic carbocycles. The summed E-state index contributed by atoms with van der Waals surface area (Å²) in [4.78, 5) is 13.2. The number of carbonyl (C=O) groups is 1. The summed E-state index contributed by atoms with van der Waals surface area (Å²) >= 11 is 0. The number of esters is 1. The van der Waals surface area contributed by atoms with Crippen molar-refractivity contribution in [2.24, 2.45) is 0 Å². The average molecular weight is 377 g/mol. The van der Waals surface area contributed by atoms with Gasteiger partial charge in [-0.15, -0.1) is 10.2 Å². The number of benzene rings is 2. The van der Waals surface area contributed by atoms with Gasteiger partial charge in [0, 0.05) is 17.7 Å². The predicted molar refractivity (Wildman–Crippen MR) is 108 cm³/mol. The van der Waals surface area contributed by atoms with Crippen molar-refractivity contribution in [1.29, 1.82) is 0 Å².